The third-order valence-electron chi connectivity index (χ3n) is 4.94. The smallest absolute Gasteiger partial charge is 0.217 e. The minimum absolute atomic E-state index is 0.200. The molecule has 0 saturated carbocycles. The van der Waals surface area contributed by atoms with Crippen molar-refractivity contribution in [1.82, 2.24) is 10.6 Å². The lowest BCUT2D eigenvalue weighted by atomic mass is 10.1. The number of unbranched alkanes of at least 4 members (excludes halogenated alkanes) is 12. The first kappa shape index (κ1) is 25.4. The molecule has 0 bridgehead atoms. The van der Waals surface area contributed by atoms with Crippen molar-refractivity contribution in [3.63, 3.8) is 0 Å². The maximum absolute atomic E-state index is 10.6. The Balaban J connectivity index is 2.98. The minimum atomic E-state index is -0.200. The highest BCUT2D eigenvalue weighted by Crippen LogP contribution is 2.11. The van der Waals surface area contributed by atoms with Crippen LogP contribution < -0.4 is 16.4 Å². The molecule has 0 rings (SSSR count). The monoisotopic (exact) mass is 369 g/mol. The van der Waals surface area contributed by atoms with E-state index < -0.39 is 0 Å². The SMILES string of the molecule is CCCCCCCCCCCCCCNCCCCNCCCC(N)=O. The van der Waals surface area contributed by atoms with Gasteiger partial charge in [0, 0.05) is 6.42 Å². The standard InChI is InChI=1S/C22H47N3O/c1-2-3-4-5-6-7-8-9-10-11-12-13-18-24-19-14-15-20-25-21-16-17-22(23)26/h24-25H,2-21H2,1H3,(H2,23,26). The van der Waals surface area contributed by atoms with Gasteiger partial charge in [0.2, 0.25) is 5.91 Å². The molecule has 26 heavy (non-hydrogen) atoms. The molecule has 0 aromatic rings. The van der Waals surface area contributed by atoms with Crippen LogP contribution in [0.15, 0.2) is 0 Å². The molecule has 4 heteroatoms. The van der Waals surface area contributed by atoms with Crippen LogP contribution in [0.1, 0.15) is 110 Å². The van der Waals surface area contributed by atoms with Crippen LogP contribution in [0, 0.1) is 0 Å². The Morgan fingerprint density at radius 2 is 0.923 bits per heavy atom. The highest BCUT2D eigenvalue weighted by atomic mass is 16.1. The van der Waals surface area contributed by atoms with E-state index in [0.29, 0.717) is 6.42 Å². The molecule has 4 nitrogen and oxygen atoms in total. The van der Waals surface area contributed by atoms with Gasteiger partial charge in [0.25, 0.3) is 0 Å². The molecule has 0 aromatic carbocycles. The third kappa shape index (κ3) is 23.4. The summed E-state index contributed by atoms with van der Waals surface area (Å²) in [5.41, 5.74) is 5.10. The fourth-order valence-electron chi connectivity index (χ4n) is 3.23. The predicted molar refractivity (Wildman–Crippen MR) is 114 cm³/mol. The van der Waals surface area contributed by atoms with Crippen molar-refractivity contribution in [2.45, 2.75) is 110 Å². The Kier molecular flexibility index (Phi) is 21.9. The van der Waals surface area contributed by atoms with E-state index in [4.69, 9.17) is 5.73 Å². The van der Waals surface area contributed by atoms with Crippen LogP contribution in [0.2, 0.25) is 0 Å². The first-order valence-corrected chi connectivity index (χ1v) is 11.5. The fourth-order valence-corrected chi connectivity index (χ4v) is 3.23. The van der Waals surface area contributed by atoms with Gasteiger partial charge in [0.05, 0.1) is 0 Å². The Morgan fingerprint density at radius 1 is 0.577 bits per heavy atom. The van der Waals surface area contributed by atoms with Crippen LogP contribution in [-0.2, 0) is 4.79 Å². The summed E-state index contributed by atoms with van der Waals surface area (Å²) in [6.45, 7) is 6.52. The lowest BCUT2D eigenvalue weighted by Crippen LogP contribution is -2.21. The van der Waals surface area contributed by atoms with E-state index in [0.717, 1.165) is 26.1 Å². The summed E-state index contributed by atoms with van der Waals surface area (Å²) in [7, 11) is 0. The largest absolute Gasteiger partial charge is 0.370 e. The molecule has 0 aliphatic rings. The number of amides is 1. The molecule has 0 atom stereocenters. The van der Waals surface area contributed by atoms with E-state index >= 15 is 0 Å². The first-order chi connectivity index (χ1) is 12.8. The van der Waals surface area contributed by atoms with Gasteiger partial charge in [-0.15, -0.1) is 0 Å². The van der Waals surface area contributed by atoms with E-state index in [2.05, 4.69) is 17.6 Å². The number of primary amides is 1. The predicted octanol–water partition coefficient (Wildman–Crippen LogP) is 4.91. The Bertz CT molecular complexity index is 285. The minimum Gasteiger partial charge on any atom is -0.370 e. The zero-order valence-corrected chi connectivity index (χ0v) is 17.6. The Labute approximate surface area is 163 Å². The van der Waals surface area contributed by atoms with Gasteiger partial charge in [-0.3, -0.25) is 4.79 Å². The normalized spacial score (nSPS) is 11.1. The second kappa shape index (κ2) is 22.4. The van der Waals surface area contributed by atoms with Crippen LogP contribution in [0.4, 0.5) is 0 Å². The van der Waals surface area contributed by atoms with E-state index in [-0.39, 0.29) is 5.91 Å². The zero-order valence-electron chi connectivity index (χ0n) is 17.6. The van der Waals surface area contributed by atoms with Gasteiger partial charge < -0.3 is 16.4 Å². The van der Waals surface area contributed by atoms with Gasteiger partial charge in [-0.25, -0.2) is 0 Å². The summed E-state index contributed by atoms with van der Waals surface area (Å²) >= 11 is 0. The zero-order chi connectivity index (χ0) is 19.1. The first-order valence-electron chi connectivity index (χ1n) is 11.5. The number of nitrogens with one attached hydrogen (secondary N) is 2. The molecule has 0 unspecified atom stereocenters. The molecule has 156 valence electrons. The number of hydrogen-bond acceptors (Lipinski definition) is 3. The molecule has 1 amide bonds. The summed E-state index contributed by atoms with van der Waals surface area (Å²) < 4.78 is 0. The van der Waals surface area contributed by atoms with Gasteiger partial charge in [0.1, 0.15) is 0 Å². The molecule has 0 heterocycles. The molecule has 0 aromatic heterocycles. The molecule has 0 fully saturated rings. The lowest BCUT2D eigenvalue weighted by Gasteiger charge is -2.06. The lowest BCUT2D eigenvalue weighted by molar-refractivity contribution is -0.118. The molecular weight excluding hydrogens is 322 g/mol. The van der Waals surface area contributed by atoms with Crippen molar-refractivity contribution >= 4 is 5.91 Å². The van der Waals surface area contributed by atoms with E-state index in [1.807, 2.05) is 0 Å². The maximum atomic E-state index is 10.6. The van der Waals surface area contributed by atoms with E-state index in [1.165, 1.54) is 96.4 Å². The van der Waals surface area contributed by atoms with Crippen LogP contribution in [0.25, 0.3) is 0 Å². The summed E-state index contributed by atoms with van der Waals surface area (Å²) in [4.78, 5) is 10.6. The van der Waals surface area contributed by atoms with Crippen LogP contribution in [0.5, 0.6) is 0 Å². The van der Waals surface area contributed by atoms with Crippen LogP contribution in [0.3, 0.4) is 0 Å². The molecule has 4 N–H and O–H groups in total. The van der Waals surface area contributed by atoms with Crippen molar-refractivity contribution < 1.29 is 4.79 Å². The number of rotatable bonds is 22. The fraction of sp³-hybridized carbons (Fsp3) is 0.955. The number of carbonyl (C=O) groups excluding carboxylic acids is 1. The number of nitrogens with two attached hydrogens (primary N) is 1. The number of hydrogen-bond donors (Lipinski definition) is 3. The summed E-state index contributed by atoms with van der Waals surface area (Å²) in [6, 6.07) is 0. The molecule has 0 radical (unpaired) electrons. The van der Waals surface area contributed by atoms with Crippen molar-refractivity contribution in [1.29, 1.82) is 0 Å². The average Bonchev–Trinajstić information content (AvgIpc) is 2.62. The topological polar surface area (TPSA) is 67.2 Å². The Morgan fingerprint density at radius 3 is 1.35 bits per heavy atom. The molecule has 0 aliphatic heterocycles. The van der Waals surface area contributed by atoms with Crippen LogP contribution in [-0.4, -0.2) is 32.1 Å². The third-order valence-corrected chi connectivity index (χ3v) is 4.94. The van der Waals surface area contributed by atoms with Crippen molar-refractivity contribution in [3.8, 4) is 0 Å². The summed E-state index contributed by atoms with van der Waals surface area (Å²) in [6.07, 6.45) is 20.8. The van der Waals surface area contributed by atoms with Gasteiger partial charge >= 0.3 is 0 Å². The molecule has 0 aliphatic carbocycles. The average molecular weight is 370 g/mol. The van der Waals surface area contributed by atoms with Crippen molar-refractivity contribution in [3.05, 3.63) is 0 Å². The maximum Gasteiger partial charge on any atom is 0.217 e. The van der Waals surface area contributed by atoms with E-state index in [9.17, 15) is 4.79 Å². The molecular formula is C22H47N3O. The highest BCUT2D eigenvalue weighted by molar-refractivity contribution is 5.73. The Hall–Kier alpha value is -0.610. The van der Waals surface area contributed by atoms with Crippen LogP contribution >= 0.6 is 0 Å². The second-order valence-electron chi connectivity index (χ2n) is 7.67. The van der Waals surface area contributed by atoms with E-state index in [1.54, 1.807) is 0 Å². The molecule has 0 spiro atoms. The highest BCUT2D eigenvalue weighted by Gasteiger charge is 1.95. The number of carbonyl (C=O) groups is 1. The van der Waals surface area contributed by atoms with Crippen molar-refractivity contribution in [2.75, 3.05) is 26.2 Å². The second-order valence-corrected chi connectivity index (χ2v) is 7.67. The quantitative estimate of drug-likeness (QED) is 0.237. The van der Waals surface area contributed by atoms with Crippen molar-refractivity contribution in [2.24, 2.45) is 5.73 Å². The van der Waals surface area contributed by atoms with Gasteiger partial charge in [-0.1, -0.05) is 77.6 Å². The van der Waals surface area contributed by atoms with Gasteiger partial charge in [-0.05, 0) is 51.9 Å². The summed E-state index contributed by atoms with van der Waals surface area (Å²) in [5, 5.41) is 6.91. The summed E-state index contributed by atoms with van der Waals surface area (Å²) in [5.74, 6) is -0.200. The molecule has 0 saturated heterocycles. The van der Waals surface area contributed by atoms with Gasteiger partial charge in [-0.2, -0.15) is 0 Å². The van der Waals surface area contributed by atoms with Gasteiger partial charge in [0.15, 0.2) is 0 Å².